The number of nitrogens with zero attached hydrogens (tertiary/aromatic N) is 1. The summed E-state index contributed by atoms with van der Waals surface area (Å²) in [4.78, 5) is 81.9. The summed E-state index contributed by atoms with van der Waals surface area (Å²) in [6.07, 6.45) is 8.07. The Balaban J connectivity index is 1.53. The van der Waals surface area contributed by atoms with Crippen LogP contribution in [0.1, 0.15) is 104 Å². The van der Waals surface area contributed by atoms with Gasteiger partial charge in [-0.1, -0.05) is 103 Å². The zero-order chi connectivity index (χ0) is 36.6. The number of hydrogen-bond donors (Lipinski definition) is 4. The van der Waals surface area contributed by atoms with Crippen molar-refractivity contribution in [3.63, 3.8) is 0 Å². The van der Waals surface area contributed by atoms with Gasteiger partial charge in [0.1, 0.15) is 24.7 Å². The average molecular weight is 696 g/mol. The van der Waals surface area contributed by atoms with Crippen LogP contribution in [0.3, 0.4) is 0 Å². The van der Waals surface area contributed by atoms with Crippen molar-refractivity contribution in [3.05, 3.63) is 35.9 Å². The third kappa shape index (κ3) is 10.1. The van der Waals surface area contributed by atoms with Crippen LogP contribution in [0.25, 0.3) is 0 Å². The molecule has 12 heteroatoms. The molecule has 4 rings (SSSR count). The zero-order valence-corrected chi connectivity index (χ0v) is 30.4. The monoisotopic (exact) mass is 695 g/mol. The molecule has 3 fully saturated rings. The molecule has 2 unspecified atom stereocenters. The predicted octanol–water partition coefficient (Wildman–Crippen LogP) is 4.00. The van der Waals surface area contributed by atoms with Crippen molar-refractivity contribution in [2.75, 3.05) is 6.54 Å². The third-order valence-electron chi connectivity index (χ3n) is 10.8. The molecule has 0 spiro atoms. The summed E-state index contributed by atoms with van der Waals surface area (Å²) >= 11 is 0. The number of hydrogen-bond acceptors (Lipinski definition) is 7. The highest BCUT2D eigenvalue weighted by molar-refractivity contribution is 6.37. The van der Waals surface area contributed by atoms with Crippen molar-refractivity contribution in [3.8, 4) is 0 Å². The summed E-state index contributed by atoms with van der Waals surface area (Å²) in [5.41, 5.74) is 5.48. The summed E-state index contributed by atoms with van der Waals surface area (Å²) in [5.74, 6) is -3.48. The number of esters is 1. The summed E-state index contributed by atoms with van der Waals surface area (Å²) in [6, 6.07) is 4.72. The molecule has 1 aliphatic heterocycles. The lowest BCUT2D eigenvalue weighted by Gasteiger charge is -2.37. The Morgan fingerprint density at radius 2 is 1.54 bits per heavy atom. The van der Waals surface area contributed by atoms with Crippen LogP contribution in [0.5, 0.6) is 0 Å². The van der Waals surface area contributed by atoms with Crippen molar-refractivity contribution in [1.29, 1.82) is 0 Å². The first-order valence-corrected chi connectivity index (χ1v) is 18.4. The fourth-order valence-corrected chi connectivity index (χ4v) is 7.60. The SMILES string of the molecule is CC(C)C1CCN(C(=O)[C@@H](NC(=O)N[C@@H](C(=O)OCc2ccccc2)C(C)(C)C)C2CCCCC2)[C@@H]1C(=O)NC(CC1CCC1)C(=O)C(N)=O. The fourth-order valence-electron chi connectivity index (χ4n) is 7.60. The maximum Gasteiger partial charge on any atom is 0.329 e. The Kier molecular flexibility index (Phi) is 13.4. The second kappa shape index (κ2) is 17.3. The van der Waals surface area contributed by atoms with Crippen LogP contribution in [-0.4, -0.2) is 71.1 Å². The lowest BCUT2D eigenvalue weighted by Crippen LogP contribution is -2.61. The maximum absolute atomic E-state index is 14.6. The fraction of sp³-hybridized carbons (Fsp3) is 0.684. The van der Waals surface area contributed by atoms with Gasteiger partial charge in [-0.3, -0.25) is 19.2 Å². The molecule has 276 valence electrons. The van der Waals surface area contributed by atoms with Gasteiger partial charge in [-0.15, -0.1) is 0 Å². The van der Waals surface area contributed by atoms with Crippen molar-refractivity contribution in [1.82, 2.24) is 20.9 Å². The quantitative estimate of drug-likeness (QED) is 0.168. The molecule has 2 saturated carbocycles. The molecule has 1 aromatic carbocycles. The number of urea groups is 1. The van der Waals surface area contributed by atoms with Gasteiger partial charge in [-0.25, -0.2) is 9.59 Å². The zero-order valence-electron chi connectivity index (χ0n) is 30.4. The molecule has 5 amide bonds. The van der Waals surface area contributed by atoms with E-state index < -0.39 is 59.2 Å². The Bertz CT molecular complexity index is 1370. The molecular weight excluding hydrogens is 638 g/mol. The van der Waals surface area contributed by atoms with E-state index in [4.69, 9.17) is 10.5 Å². The molecule has 50 heavy (non-hydrogen) atoms. The number of nitrogens with two attached hydrogens (primary N) is 1. The van der Waals surface area contributed by atoms with Gasteiger partial charge in [0, 0.05) is 6.54 Å². The third-order valence-corrected chi connectivity index (χ3v) is 10.8. The van der Waals surface area contributed by atoms with Crippen molar-refractivity contribution in [2.24, 2.45) is 34.8 Å². The van der Waals surface area contributed by atoms with Gasteiger partial charge < -0.3 is 31.3 Å². The van der Waals surface area contributed by atoms with Crippen molar-refractivity contribution >= 4 is 35.5 Å². The average Bonchev–Trinajstić information content (AvgIpc) is 3.52. The van der Waals surface area contributed by atoms with Crippen LogP contribution >= 0.6 is 0 Å². The van der Waals surface area contributed by atoms with Gasteiger partial charge in [-0.2, -0.15) is 0 Å². The van der Waals surface area contributed by atoms with E-state index in [0.717, 1.165) is 56.9 Å². The van der Waals surface area contributed by atoms with E-state index >= 15 is 0 Å². The summed E-state index contributed by atoms with van der Waals surface area (Å²) in [7, 11) is 0. The van der Waals surface area contributed by atoms with Crippen molar-refractivity contribution in [2.45, 2.75) is 130 Å². The number of benzene rings is 1. The minimum absolute atomic E-state index is 0.0410. The largest absolute Gasteiger partial charge is 0.459 e. The van der Waals surface area contributed by atoms with Crippen LogP contribution in [0, 0.1) is 29.1 Å². The molecule has 5 atom stereocenters. The summed E-state index contributed by atoms with van der Waals surface area (Å²) in [6.45, 7) is 9.82. The molecule has 1 heterocycles. The minimum atomic E-state index is -1.10. The summed E-state index contributed by atoms with van der Waals surface area (Å²) in [5, 5.41) is 8.52. The van der Waals surface area contributed by atoms with E-state index in [0.29, 0.717) is 19.4 Å². The van der Waals surface area contributed by atoms with Crippen LogP contribution < -0.4 is 21.7 Å². The molecule has 1 saturated heterocycles. The van der Waals surface area contributed by atoms with Crippen LogP contribution in [-0.2, 0) is 35.3 Å². The topological polar surface area (TPSA) is 177 Å². The molecule has 1 aromatic rings. The number of ketones is 1. The lowest BCUT2D eigenvalue weighted by atomic mass is 9.80. The number of likely N-dealkylation sites (tertiary alicyclic amines) is 1. The number of primary amides is 1. The van der Waals surface area contributed by atoms with E-state index in [1.807, 2.05) is 65.0 Å². The smallest absolute Gasteiger partial charge is 0.329 e. The number of carbonyl (C=O) groups excluding carboxylic acids is 6. The number of rotatable bonds is 14. The first-order valence-electron chi connectivity index (χ1n) is 18.4. The van der Waals surface area contributed by atoms with Gasteiger partial charge in [0.05, 0.1) is 6.04 Å². The Morgan fingerprint density at radius 1 is 0.880 bits per heavy atom. The van der Waals surface area contributed by atoms with Gasteiger partial charge in [-0.05, 0) is 60.3 Å². The number of amides is 5. The lowest BCUT2D eigenvalue weighted by molar-refractivity contribution is -0.150. The highest BCUT2D eigenvalue weighted by Crippen LogP contribution is 2.35. The minimum Gasteiger partial charge on any atom is -0.459 e. The highest BCUT2D eigenvalue weighted by atomic mass is 16.5. The van der Waals surface area contributed by atoms with Gasteiger partial charge in [0.15, 0.2) is 0 Å². The molecular formula is C38H57N5O7. The highest BCUT2D eigenvalue weighted by Gasteiger charge is 2.47. The normalized spacial score (nSPS) is 21.8. The van der Waals surface area contributed by atoms with E-state index in [1.54, 1.807) is 4.90 Å². The molecule has 5 N–H and O–H groups in total. The van der Waals surface area contributed by atoms with E-state index in [1.165, 1.54) is 0 Å². The second-order valence-corrected chi connectivity index (χ2v) is 15.9. The first kappa shape index (κ1) is 38.8. The second-order valence-electron chi connectivity index (χ2n) is 15.9. The maximum atomic E-state index is 14.6. The summed E-state index contributed by atoms with van der Waals surface area (Å²) < 4.78 is 5.59. The molecule has 12 nitrogen and oxygen atoms in total. The standard InChI is InChI=1S/C38H57N5O7/c1-23(2)27-19-20-43(30(27)34(46)40-28(31(44)33(39)45)21-24-15-12-16-24)35(47)29(26-17-10-7-11-18-26)41-37(49)42-32(38(3,4)5)36(48)50-22-25-13-8-6-9-14-25/h6,8-9,13-14,23-24,26-30,32H,7,10-12,15-22H2,1-5H3,(H2,39,45)(H,40,46)(H2,41,42,49)/t27?,28?,29-,30-,32-/m0/s1. The Morgan fingerprint density at radius 3 is 2.10 bits per heavy atom. The Labute approximate surface area is 296 Å². The molecule has 2 aliphatic carbocycles. The molecule has 0 bridgehead atoms. The first-order chi connectivity index (χ1) is 23.7. The molecule has 0 aromatic heterocycles. The number of Topliss-reactive ketones (excluding diaryl/α,β-unsaturated/α-hetero) is 1. The number of ether oxygens (including phenoxy) is 1. The van der Waals surface area contributed by atoms with E-state index in [2.05, 4.69) is 16.0 Å². The number of nitrogens with one attached hydrogen (secondary N) is 3. The van der Waals surface area contributed by atoms with E-state index in [-0.39, 0.29) is 36.2 Å². The Hall–Kier alpha value is -3.96. The van der Waals surface area contributed by atoms with Crippen LogP contribution in [0.4, 0.5) is 4.79 Å². The molecule has 0 radical (unpaired) electrons. The van der Waals surface area contributed by atoms with Crippen molar-refractivity contribution < 1.29 is 33.5 Å². The van der Waals surface area contributed by atoms with Gasteiger partial charge in [0.25, 0.3) is 5.91 Å². The van der Waals surface area contributed by atoms with Crippen LogP contribution in [0.15, 0.2) is 30.3 Å². The van der Waals surface area contributed by atoms with Gasteiger partial charge >= 0.3 is 12.0 Å². The number of carbonyl (C=O) groups is 6. The molecule has 3 aliphatic rings. The van der Waals surface area contributed by atoms with Gasteiger partial charge in [0.2, 0.25) is 17.6 Å². The predicted molar refractivity (Wildman–Crippen MR) is 188 cm³/mol. The van der Waals surface area contributed by atoms with Crippen LogP contribution in [0.2, 0.25) is 0 Å². The van der Waals surface area contributed by atoms with E-state index in [9.17, 15) is 28.8 Å².